The summed E-state index contributed by atoms with van der Waals surface area (Å²) in [4.78, 5) is 15.4. The standard InChI is InChI=1S/C7H7N5OS/c8-5-3-4(11-12-5)6(13)10-7-9-1-2-14-7/h1-3H,(H3,8,11,12)(H,9,10,13). The Balaban J connectivity index is 2.10. The Morgan fingerprint density at radius 2 is 2.50 bits per heavy atom. The summed E-state index contributed by atoms with van der Waals surface area (Å²) in [5, 5.41) is 11.1. The molecule has 0 saturated heterocycles. The molecule has 0 aliphatic carbocycles. The van der Waals surface area contributed by atoms with Crippen molar-refractivity contribution in [1.29, 1.82) is 0 Å². The van der Waals surface area contributed by atoms with Crippen molar-refractivity contribution >= 4 is 28.2 Å². The molecule has 1 amide bonds. The van der Waals surface area contributed by atoms with E-state index in [9.17, 15) is 4.79 Å². The number of hydrogen-bond acceptors (Lipinski definition) is 5. The van der Waals surface area contributed by atoms with Gasteiger partial charge in [-0.05, 0) is 0 Å². The first-order valence-corrected chi connectivity index (χ1v) is 4.65. The van der Waals surface area contributed by atoms with Crippen molar-refractivity contribution < 1.29 is 4.79 Å². The van der Waals surface area contributed by atoms with Gasteiger partial charge in [0.2, 0.25) is 0 Å². The van der Waals surface area contributed by atoms with Gasteiger partial charge in [0.1, 0.15) is 11.5 Å². The van der Waals surface area contributed by atoms with Gasteiger partial charge in [0.05, 0.1) is 0 Å². The lowest BCUT2D eigenvalue weighted by atomic mass is 10.4. The molecule has 0 saturated carbocycles. The predicted molar refractivity (Wildman–Crippen MR) is 53.1 cm³/mol. The largest absolute Gasteiger partial charge is 0.382 e. The van der Waals surface area contributed by atoms with Crippen molar-refractivity contribution in [2.45, 2.75) is 0 Å². The number of carbonyl (C=O) groups is 1. The highest BCUT2D eigenvalue weighted by Gasteiger charge is 2.09. The van der Waals surface area contributed by atoms with Crippen LogP contribution in [0.25, 0.3) is 0 Å². The van der Waals surface area contributed by atoms with Crippen LogP contribution in [0, 0.1) is 0 Å². The van der Waals surface area contributed by atoms with E-state index in [0.717, 1.165) is 0 Å². The van der Waals surface area contributed by atoms with E-state index in [2.05, 4.69) is 20.5 Å². The first-order chi connectivity index (χ1) is 6.75. The van der Waals surface area contributed by atoms with Crippen molar-refractivity contribution in [1.82, 2.24) is 15.2 Å². The van der Waals surface area contributed by atoms with E-state index in [1.54, 1.807) is 11.6 Å². The number of anilines is 2. The van der Waals surface area contributed by atoms with Crippen molar-refractivity contribution in [3.63, 3.8) is 0 Å². The van der Waals surface area contributed by atoms with E-state index in [-0.39, 0.29) is 11.7 Å². The number of aromatic amines is 1. The van der Waals surface area contributed by atoms with Crippen LogP contribution >= 0.6 is 11.3 Å². The van der Waals surface area contributed by atoms with Crippen molar-refractivity contribution in [2.24, 2.45) is 0 Å². The Morgan fingerprint density at radius 3 is 3.07 bits per heavy atom. The number of amides is 1. The molecule has 0 atom stereocenters. The van der Waals surface area contributed by atoms with Gasteiger partial charge in [0.25, 0.3) is 5.91 Å². The topological polar surface area (TPSA) is 96.7 Å². The van der Waals surface area contributed by atoms with Gasteiger partial charge in [-0.15, -0.1) is 11.3 Å². The summed E-state index contributed by atoms with van der Waals surface area (Å²) in [5.74, 6) is -0.0153. The zero-order chi connectivity index (χ0) is 9.97. The number of nitrogens with two attached hydrogens (primary N) is 1. The highest BCUT2D eigenvalue weighted by molar-refractivity contribution is 7.13. The molecule has 0 spiro atoms. The summed E-state index contributed by atoms with van der Waals surface area (Å²) in [6.07, 6.45) is 1.61. The summed E-state index contributed by atoms with van der Waals surface area (Å²) in [6.45, 7) is 0. The van der Waals surface area contributed by atoms with Crippen molar-refractivity contribution in [3.05, 3.63) is 23.3 Å². The monoisotopic (exact) mass is 209 g/mol. The first kappa shape index (κ1) is 8.70. The predicted octanol–water partition coefficient (Wildman–Crippen LogP) is 0.701. The van der Waals surface area contributed by atoms with Crippen molar-refractivity contribution in [2.75, 3.05) is 11.1 Å². The second-order valence-electron chi connectivity index (χ2n) is 2.50. The summed E-state index contributed by atoms with van der Waals surface area (Å²) in [5.41, 5.74) is 5.67. The molecule has 2 aromatic rings. The third-order valence-corrected chi connectivity index (χ3v) is 2.18. The van der Waals surface area contributed by atoms with Crippen LogP contribution in [0.1, 0.15) is 10.5 Å². The average molecular weight is 209 g/mol. The highest BCUT2D eigenvalue weighted by Crippen LogP contribution is 2.11. The van der Waals surface area contributed by atoms with Crippen LogP contribution in [-0.2, 0) is 0 Å². The van der Waals surface area contributed by atoms with E-state index in [0.29, 0.717) is 10.8 Å². The fraction of sp³-hybridized carbons (Fsp3) is 0. The van der Waals surface area contributed by atoms with Crippen LogP contribution in [0.15, 0.2) is 17.6 Å². The van der Waals surface area contributed by atoms with E-state index < -0.39 is 0 Å². The van der Waals surface area contributed by atoms with Crippen LogP contribution in [-0.4, -0.2) is 21.1 Å². The summed E-state index contributed by atoms with van der Waals surface area (Å²) >= 11 is 1.34. The number of hydrogen-bond donors (Lipinski definition) is 3. The van der Waals surface area contributed by atoms with Gasteiger partial charge in [-0.2, -0.15) is 5.10 Å². The maximum Gasteiger partial charge on any atom is 0.275 e. The minimum Gasteiger partial charge on any atom is -0.382 e. The fourth-order valence-corrected chi connectivity index (χ4v) is 1.43. The van der Waals surface area contributed by atoms with Gasteiger partial charge in [-0.3, -0.25) is 15.2 Å². The number of carbonyl (C=O) groups excluding carboxylic acids is 1. The number of nitrogens with one attached hydrogen (secondary N) is 2. The molecule has 0 fully saturated rings. The quantitative estimate of drug-likeness (QED) is 0.678. The molecule has 0 unspecified atom stereocenters. The van der Waals surface area contributed by atoms with Crippen LogP contribution in [0.4, 0.5) is 10.9 Å². The second kappa shape index (κ2) is 3.46. The van der Waals surface area contributed by atoms with Crippen molar-refractivity contribution in [3.8, 4) is 0 Å². The lowest BCUT2D eigenvalue weighted by Gasteiger charge is -1.96. The number of nitrogen functional groups attached to an aromatic ring is 1. The number of H-pyrrole nitrogens is 1. The Bertz CT molecular complexity index is 435. The SMILES string of the molecule is Nc1cc(C(=O)Nc2nccs2)[nH]n1. The minimum atomic E-state index is -0.302. The fourth-order valence-electron chi connectivity index (χ4n) is 0.903. The molecule has 0 aromatic carbocycles. The first-order valence-electron chi connectivity index (χ1n) is 3.77. The van der Waals surface area contributed by atoms with Gasteiger partial charge < -0.3 is 5.73 Å². The second-order valence-corrected chi connectivity index (χ2v) is 3.39. The molecular formula is C7H7N5OS. The molecule has 7 heteroatoms. The molecule has 6 nitrogen and oxygen atoms in total. The number of thiazole rings is 1. The van der Waals surface area contributed by atoms with Gasteiger partial charge in [-0.25, -0.2) is 4.98 Å². The van der Waals surface area contributed by atoms with Crippen LogP contribution in [0.2, 0.25) is 0 Å². The maximum absolute atomic E-state index is 11.5. The number of rotatable bonds is 2. The van der Waals surface area contributed by atoms with E-state index in [1.807, 2.05) is 0 Å². The lowest BCUT2D eigenvalue weighted by molar-refractivity contribution is 0.102. The summed E-state index contributed by atoms with van der Waals surface area (Å²) in [6, 6.07) is 1.46. The molecule has 4 N–H and O–H groups in total. The molecule has 2 aromatic heterocycles. The molecule has 0 bridgehead atoms. The molecular weight excluding hydrogens is 202 g/mol. The molecule has 0 aliphatic rings. The van der Waals surface area contributed by atoms with Crippen LogP contribution < -0.4 is 11.1 Å². The molecule has 2 heterocycles. The summed E-state index contributed by atoms with van der Waals surface area (Å²) < 4.78 is 0. The molecule has 0 aliphatic heterocycles. The zero-order valence-electron chi connectivity index (χ0n) is 7.02. The molecule has 0 radical (unpaired) electrons. The lowest BCUT2D eigenvalue weighted by Crippen LogP contribution is -2.11. The maximum atomic E-state index is 11.5. The Hall–Kier alpha value is -1.89. The van der Waals surface area contributed by atoms with E-state index in [1.165, 1.54) is 17.4 Å². The Labute approximate surface area is 83.2 Å². The normalized spacial score (nSPS) is 10.0. The molecule has 72 valence electrons. The van der Waals surface area contributed by atoms with E-state index in [4.69, 9.17) is 5.73 Å². The van der Waals surface area contributed by atoms with Crippen LogP contribution in [0.3, 0.4) is 0 Å². The van der Waals surface area contributed by atoms with Crippen LogP contribution in [0.5, 0.6) is 0 Å². The van der Waals surface area contributed by atoms with E-state index >= 15 is 0 Å². The summed E-state index contributed by atoms with van der Waals surface area (Å²) in [7, 11) is 0. The Morgan fingerprint density at radius 1 is 1.64 bits per heavy atom. The third-order valence-electron chi connectivity index (χ3n) is 1.50. The smallest absolute Gasteiger partial charge is 0.275 e. The van der Waals surface area contributed by atoms with Gasteiger partial charge in [0, 0.05) is 17.6 Å². The zero-order valence-corrected chi connectivity index (χ0v) is 7.84. The molecule has 14 heavy (non-hydrogen) atoms. The van der Waals surface area contributed by atoms with Gasteiger partial charge in [-0.1, -0.05) is 0 Å². The number of nitrogens with zero attached hydrogens (tertiary/aromatic N) is 2. The minimum absolute atomic E-state index is 0.286. The number of aromatic nitrogens is 3. The highest BCUT2D eigenvalue weighted by atomic mass is 32.1. The molecule has 2 rings (SSSR count). The third kappa shape index (κ3) is 1.72. The van der Waals surface area contributed by atoms with Gasteiger partial charge >= 0.3 is 0 Å². The van der Waals surface area contributed by atoms with Gasteiger partial charge in [0.15, 0.2) is 5.13 Å². The Kier molecular flexibility index (Phi) is 2.15. The average Bonchev–Trinajstić information content (AvgIpc) is 2.75.